The second kappa shape index (κ2) is 5.13. The van der Waals surface area contributed by atoms with Crippen LogP contribution in [0.5, 0.6) is 0 Å². The van der Waals surface area contributed by atoms with E-state index >= 15 is 0 Å². The smallest absolute Gasteiger partial charge is 0.261 e. The zero-order valence-corrected chi connectivity index (χ0v) is 10.4. The Bertz CT molecular complexity index is 572. The number of hydrogen-bond donors (Lipinski definition) is 0. The van der Waals surface area contributed by atoms with E-state index in [0.29, 0.717) is 0 Å². The van der Waals surface area contributed by atoms with Gasteiger partial charge in [-0.3, -0.25) is 9.36 Å². The summed E-state index contributed by atoms with van der Waals surface area (Å²) < 4.78 is 1.83. The first kappa shape index (κ1) is 11.8. The van der Waals surface area contributed by atoms with Crippen molar-refractivity contribution in [1.29, 1.82) is 0 Å². The molecule has 3 heteroatoms. The van der Waals surface area contributed by atoms with Gasteiger partial charge in [-0.25, -0.2) is 4.98 Å². The maximum absolute atomic E-state index is 12.3. The molecule has 0 atom stereocenters. The third-order valence-electron chi connectivity index (χ3n) is 2.99. The van der Waals surface area contributed by atoms with E-state index in [9.17, 15) is 4.79 Å². The average Bonchev–Trinajstić information content (AvgIpc) is 2.37. The van der Waals surface area contributed by atoms with E-state index in [1.165, 1.54) is 0 Å². The second-order valence-corrected chi connectivity index (χ2v) is 4.21. The van der Waals surface area contributed by atoms with Crippen LogP contribution in [0.2, 0.25) is 0 Å². The quantitative estimate of drug-likeness (QED) is 0.809. The monoisotopic (exact) mass is 230 g/mol. The lowest BCUT2D eigenvalue weighted by atomic mass is 10.2. The highest BCUT2D eigenvalue weighted by Crippen LogP contribution is 2.09. The maximum Gasteiger partial charge on any atom is 0.261 e. The van der Waals surface area contributed by atoms with E-state index in [1.54, 1.807) is 0 Å². The van der Waals surface area contributed by atoms with Gasteiger partial charge in [0.2, 0.25) is 0 Å². The lowest BCUT2D eigenvalue weighted by molar-refractivity contribution is 0.580. The van der Waals surface area contributed by atoms with Gasteiger partial charge < -0.3 is 0 Å². The topological polar surface area (TPSA) is 34.9 Å². The first-order valence-corrected chi connectivity index (χ1v) is 6.26. The molecule has 0 amide bonds. The summed E-state index contributed by atoms with van der Waals surface area (Å²) in [4.78, 5) is 16.9. The first-order valence-electron chi connectivity index (χ1n) is 6.26. The Hall–Kier alpha value is -1.64. The molecule has 0 N–H and O–H groups in total. The highest BCUT2D eigenvalue weighted by Gasteiger charge is 2.08. The lowest BCUT2D eigenvalue weighted by Crippen LogP contribution is -2.25. The van der Waals surface area contributed by atoms with Crippen LogP contribution < -0.4 is 5.56 Å². The summed E-state index contributed by atoms with van der Waals surface area (Å²) in [7, 11) is 0. The van der Waals surface area contributed by atoms with Crippen molar-refractivity contribution in [2.45, 2.75) is 39.7 Å². The Labute approximate surface area is 101 Å². The Morgan fingerprint density at radius 3 is 2.71 bits per heavy atom. The Kier molecular flexibility index (Phi) is 3.57. The highest BCUT2D eigenvalue weighted by molar-refractivity contribution is 5.77. The normalized spacial score (nSPS) is 10.9. The van der Waals surface area contributed by atoms with Gasteiger partial charge in [-0.2, -0.15) is 0 Å². The van der Waals surface area contributed by atoms with Crippen molar-refractivity contribution in [2.24, 2.45) is 0 Å². The molecule has 0 aliphatic carbocycles. The molecule has 3 nitrogen and oxygen atoms in total. The molecule has 0 saturated carbocycles. The van der Waals surface area contributed by atoms with Crippen molar-refractivity contribution in [1.82, 2.24) is 9.55 Å². The SMILES string of the molecule is CCCCn1c(CC)nc2ccccc2c1=O. The molecule has 1 aromatic heterocycles. The first-order chi connectivity index (χ1) is 8.27. The Morgan fingerprint density at radius 2 is 2.00 bits per heavy atom. The fraction of sp³-hybridized carbons (Fsp3) is 0.429. The maximum atomic E-state index is 12.3. The molecular weight excluding hydrogens is 212 g/mol. The van der Waals surface area contributed by atoms with Crippen molar-refractivity contribution >= 4 is 10.9 Å². The van der Waals surface area contributed by atoms with Crippen LogP contribution in [0, 0.1) is 0 Å². The lowest BCUT2D eigenvalue weighted by Gasteiger charge is -2.11. The van der Waals surface area contributed by atoms with Gasteiger partial charge in [-0.1, -0.05) is 32.4 Å². The van der Waals surface area contributed by atoms with Crippen molar-refractivity contribution in [3.8, 4) is 0 Å². The average molecular weight is 230 g/mol. The number of benzene rings is 1. The molecule has 2 rings (SSSR count). The third-order valence-corrected chi connectivity index (χ3v) is 2.99. The largest absolute Gasteiger partial charge is 0.296 e. The van der Waals surface area contributed by atoms with Gasteiger partial charge in [0.25, 0.3) is 5.56 Å². The molecule has 90 valence electrons. The summed E-state index contributed by atoms with van der Waals surface area (Å²) in [6.45, 7) is 4.94. The summed E-state index contributed by atoms with van der Waals surface area (Å²) >= 11 is 0. The molecule has 0 saturated heterocycles. The van der Waals surface area contributed by atoms with Crippen LogP contribution in [0.15, 0.2) is 29.1 Å². The van der Waals surface area contributed by atoms with Crippen LogP contribution in [-0.4, -0.2) is 9.55 Å². The van der Waals surface area contributed by atoms with Gasteiger partial charge in [0.05, 0.1) is 10.9 Å². The van der Waals surface area contributed by atoms with Gasteiger partial charge >= 0.3 is 0 Å². The Balaban J connectivity index is 2.63. The molecule has 0 aliphatic heterocycles. The van der Waals surface area contributed by atoms with E-state index in [1.807, 2.05) is 35.8 Å². The summed E-state index contributed by atoms with van der Waals surface area (Å²) in [5, 5.41) is 0.723. The van der Waals surface area contributed by atoms with Crippen molar-refractivity contribution in [2.75, 3.05) is 0 Å². The molecule has 0 bridgehead atoms. The zero-order valence-electron chi connectivity index (χ0n) is 10.4. The van der Waals surface area contributed by atoms with Gasteiger partial charge in [-0.05, 0) is 18.6 Å². The van der Waals surface area contributed by atoms with Crippen LogP contribution in [-0.2, 0) is 13.0 Å². The highest BCUT2D eigenvalue weighted by atomic mass is 16.1. The molecule has 0 unspecified atom stereocenters. The fourth-order valence-corrected chi connectivity index (χ4v) is 2.03. The van der Waals surface area contributed by atoms with Crippen LogP contribution in [0.3, 0.4) is 0 Å². The molecule has 0 spiro atoms. The van der Waals surface area contributed by atoms with Gasteiger partial charge in [0.1, 0.15) is 5.82 Å². The van der Waals surface area contributed by atoms with Crippen LogP contribution in [0.4, 0.5) is 0 Å². The number of nitrogens with zero attached hydrogens (tertiary/aromatic N) is 2. The minimum Gasteiger partial charge on any atom is -0.296 e. The number of rotatable bonds is 4. The van der Waals surface area contributed by atoms with E-state index in [-0.39, 0.29) is 5.56 Å². The zero-order chi connectivity index (χ0) is 12.3. The van der Waals surface area contributed by atoms with Gasteiger partial charge in [0, 0.05) is 13.0 Å². The van der Waals surface area contributed by atoms with Gasteiger partial charge in [-0.15, -0.1) is 0 Å². The van der Waals surface area contributed by atoms with E-state index < -0.39 is 0 Å². The standard InChI is InChI=1S/C14H18N2O/c1-3-5-10-16-13(4-2)15-12-9-7-6-8-11(12)14(16)17/h6-9H,3-5,10H2,1-2H3. The number of fused-ring (bicyclic) bond motifs is 1. The van der Waals surface area contributed by atoms with Crippen molar-refractivity contribution in [3.63, 3.8) is 0 Å². The molecule has 17 heavy (non-hydrogen) atoms. The minimum atomic E-state index is 0.0981. The Morgan fingerprint density at radius 1 is 1.24 bits per heavy atom. The molecule has 0 aliphatic rings. The number of aromatic nitrogens is 2. The van der Waals surface area contributed by atoms with E-state index in [4.69, 9.17) is 0 Å². The summed E-state index contributed by atoms with van der Waals surface area (Å²) in [6.07, 6.45) is 2.90. The van der Waals surface area contributed by atoms with Crippen LogP contribution >= 0.6 is 0 Å². The summed E-state index contributed by atoms with van der Waals surface area (Å²) in [5.41, 5.74) is 0.906. The number of aryl methyl sites for hydroxylation is 1. The number of unbranched alkanes of at least 4 members (excludes halogenated alkanes) is 1. The van der Waals surface area contributed by atoms with Crippen molar-refractivity contribution < 1.29 is 0 Å². The number of para-hydroxylation sites is 1. The van der Waals surface area contributed by atoms with Crippen molar-refractivity contribution in [3.05, 3.63) is 40.4 Å². The predicted octanol–water partition coefficient (Wildman–Crippen LogP) is 2.76. The van der Waals surface area contributed by atoms with Crippen LogP contribution in [0.25, 0.3) is 10.9 Å². The molecular formula is C14H18N2O. The molecule has 0 radical (unpaired) electrons. The second-order valence-electron chi connectivity index (χ2n) is 4.21. The molecule has 0 fully saturated rings. The van der Waals surface area contributed by atoms with Crippen LogP contribution in [0.1, 0.15) is 32.5 Å². The molecule has 2 aromatic rings. The third kappa shape index (κ3) is 2.23. The van der Waals surface area contributed by atoms with E-state index in [2.05, 4.69) is 11.9 Å². The summed E-state index contributed by atoms with van der Waals surface area (Å²) in [6, 6.07) is 7.57. The fourth-order valence-electron chi connectivity index (χ4n) is 2.03. The van der Waals surface area contributed by atoms with E-state index in [0.717, 1.165) is 42.5 Å². The summed E-state index contributed by atoms with van der Waals surface area (Å²) in [5.74, 6) is 0.891. The van der Waals surface area contributed by atoms with Gasteiger partial charge in [0.15, 0.2) is 0 Å². The number of hydrogen-bond acceptors (Lipinski definition) is 2. The predicted molar refractivity (Wildman–Crippen MR) is 70.3 cm³/mol. The molecule has 1 aromatic carbocycles. The molecule has 1 heterocycles. The minimum absolute atomic E-state index is 0.0981.